The van der Waals surface area contributed by atoms with Crippen molar-refractivity contribution in [1.29, 1.82) is 0 Å². The van der Waals surface area contributed by atoms with Gasteiger partial charge in [0.2, 0.25) is 10.0 Å². The van der Waals surface area contributed by atoms with Crippen molar-refractivity contribution in [3.63, 3.8) is 0 Å². The molecule has 0 bridgehead atoms. The molecule has 0 aliphatic rings. The van der Waals surface area contributed by atoms with Gasteiger partial charge in [-0.05, 0) is 19.1 Å². The highest BCUT2D eigenvalue weighted by Crippen LogP contribution is 2.28. The summed E-state index contributed by atoms with van der Waals surface area (Å²) in [6.45, 7) is 1.26. The lowest BCUT2D eigenvalue weighted by Gasteiger charge is -2.12. The van der Waals surface area contributed by atoms with E-state index in [1.54, 1.807) is 0 Å². The van der Waals surface area contributed by atoms with E-state index >= 15 is 0 Å². The number of nitrogens with zero attached hydrogens (tertiary/aromatic N) is 1. The van der Waals surface area contributed by atoms with Crippen LogP contribution in [0, 0.1) is 10.1 Å². The third-order valence-corrected chi connectivity index (χ3v) is 4.13. The summed E-state index contributed by atoms with van der Waals surface area (Å²) in [6.07, 6.45) is 0. The molecule has 0 aliphatic heterocycles. The quantitative estimate of drug-likeness (QED) is 0.458. The molecule has 116 valence electrons. The predicted octanol–water partition coefficient (Wildman–Crippen LogP) is 0.443. The van der Waals surface area contributed by atoms with E-state index in [4.69, 9.17) is 4.74 Å². The number of sulfonamides is 1. The molecule has 0 fully saturated rings. The van der Waals surface area contributed by atoms with Crippen LogP contribution in [0.25, 0.3) is 0 Å². The minimum absolute atomic E-state index is 0.140. The van der Waals surface area contributed by atoms with Crippen LogP contribution < -0.4 is 9.46 Å². The monoisotopic (exact) mass is 318 g/mol. The molecule has 1 unspecified atom stereocenters. The zero-order chi connectivity index (χ0) is 16.2. The van der Waals surface area contributed by atoms with Crippen LogP contribution >= 0.6 is 0 Å². The Morgan fingerprint density at radius 3 is 2.48 bits per heavy atom. The van der Waals surface area contributed by atoms with Gasteiger partial charge in [-0.3, -0.25) is 14.9 Å². The molecule has 0 saturated carbocycles. The number of carbonyl (C=O) groups excluding carboxylic acids is 1. The number of ether oxygens (including phenoxy) is 2. The van der Waals surface area contributed by atoms with Crippen LogP contribution in [-0.2, 0) is 19.6 Å². The number of hydrogen-bond donors (Lipinski definition) is 1. The number of benzene rings is 1. The maximum Gasteiger partial charge on any atom is 0.323 e. The number of nitro benzene ring substituents is 1. The lowest BCUT2D eigenvalue weighted by molar-refractivity contribution is -0.387. The molecule has 0 radical (unpaired) electrons. The van der Waals surface area contributed by atoms with Gasteiger partial charge in [-0.2, -0.15) is 4.72 Å². The third-order valence-electron chi connectivity index (χ3n) is 2.54. The summed E-state index contributed by atoms with van der Waals surface area (Å²) in [4.78, 5) is 20.8. The summed E-state index contributed by atoms with van der Waals surface area (Å²) in [7, 11) is -1.87. The Morgan fingerprint density at radius 2 is 2.00 bits per heavy atom. The van der Waals surface area contributed by atoms with Gasteiger partial charge in [-0.15, -0.1) is 0 Å². The molecule has 1 N–H and O–H groups in total. The number of nitro groups is 1. The summed E-state index contributed by atoms with van der Waals surface area (Å²) in [5, 5.41) is 11.0. The fourth-order valence-corrected chi connectivity index (χ4v) is 2.86. The molecule has 0 aliphatic carbocycles. The Morgan fingerprint density at radius 1 is 1.38 bits per heavy atom. The van der Waals surface area contributed by atoms with Crippen LogP contribution in [0.3, 0.4) is 0 Å². The molecule has 0 aromatic heterocycles. The first kappa shape index (κ1) is 16.9. The molecular formula is C11H14N2O7S. The highest BCUT2D eigenvalue weighted by Gasteiger charge is 2.29. The standard InChI is InChI=1S/C11H14N2O7S/c1-7(11(14)20-3)12-21(17,18)10-5-4-8(19-2)6-9(10)13(15)16/h4-7,12H,1-3H3. The predicted molar refractivity (Wildman–Crippen MR) is 71.4 cm³/mol. The fraction of sp³-hybridized carbons (Fsp3) is 0.364. The summed E-state index contributed by atoms with van der Waals surface area (Å²) in [5.74, 6) is -0.670. The van der Waals surface area contributed by atoms with Gasteiger partial charge >= 0.3 is 5.97 Å². The van der Waals surface area contributed by atoms with E-state index in [1.165, 1.54) is 20.1 Å². The third kappa shape index (κ3) is 3.89. The first-order valence-corrected chi connectivity index (χ1v) is 7.14. The van der Waals surface area contributed by atoms with Crippen molar-refractivity contribution in [2.75, 3.05) is 14.2 Å². The Labute approximate surface area is 121 Å². The number of carbonyl (C=O) groups is 1. The van der Waals surface area contributed by atoms with E-state index in [1.807, 2.05) is 4.72 Å². The molecule has 1 atom stereocenters. The molecule has 9 nitrogen and oxygen atoms in total. The summed E-state index contributed by atoms with van der Waals surface area (Å²) >= 11 is 0. The molecular weight excluding hydrogens is 304 g/mol. The summed E-state index contributed by atoms with van der Waals surface area (Å²) in [6, 6.07) is 2.10. The van der Waals surface area contributed by atoms with Crippen LogP contribution in [0.4, 0.5) is 5.69 Å². The minimum Gasteiger partial charge on any atom is -0.497 e. The maximum absolute atomic E-state index is 12.1. The zero-order valence-corrected chi connectivity index (χ0v) is 12.3. The second-order valence-corrected chi connectivity index (χ2v) is 5.64. The van der Waals surface area contributed by atoms with E-state index in [0.29, 0.717) is 0 Å². The van der Waals surface area contributed by atoms with Crippen LogP contribution in [0.5, 0.6) is 5.75 Å². The largest absolute Gasteiger partial charge is 0.497 e. The fourth-order valence-electron chi connectivity index (χ4n) is 1.52. The van der Waals surface area contributed by atoms with Gasteiger partial charge in [-0.1, -0.05) is 0 Å². The number of hydrogen-bond acceptors (Lipinski definition) is 7. The normalized spacial score (nSPS) is 12.5. The van der Waals surface area contributed by atoms with Gasteiger partial charge in [0.1, 0.15) is 11.8 Å². The zero-order valence-electron chi connectivity index (χ0n) is 11.5. The summed E-state index contributed by atoms with van der Waals surface area (Å²) in [5.41, 5.74) is -0.654. The van der Waals surface area contributed by atoms with Gasteiger partial charge in [0.05, 0.1) is 25.2 Å². The van der Waals surface area contributed by atoms with Crippen molar-refractivity contribution in [3.8, 4) is 5.75 Å². The van der Waals surface area contributed by atoms with E-state index in [2.05, 4.69) is 4.74 Å². The topological polar surface area (TPSA) is 125 Å². The van der Waals surface area contributed by atoms with Crippen molar-refractivity contribution >= 4 is 21.7 Å². The first-order valence-electron chi connectivity index (χ1n) is 5.65. The molecule has 0 saturated heterocycles. The molecule has 21 heavy (non-hydrogen) atoms. The van der Waals surface area contributed by atoms with E-state index in [-0.39, 0.29) is 5.75 Å². The number of methoxy groups -OCH3 is 2. The highest BCUT2D eigenvalue weighted by molar-refractivity contribution is 7.89. The molecule has 0 amide bonds. The number of nitrogens with one attached hydrogen (secondary N) is 1. The lowest BCUT2D eigenvalue weighted by atomic mass is 10.3. The smallest absolute Gasteiger partial charge is 0.323 e. The van der Waals surface area contributed by atoms with Crippen LogP contribution in [0.1, 0.15) is 6.92 Å². The minimum atomic E-state index is -4.26. The van der Waals surface area contributed by atoms with Crippen molar-refractivity contribution < 1.29 is 27.6 Å². The first-order chi connectivity index (χ1) is 9.72. The van der Waals surface area contributed by atoms with Crippen molar-refractivity contribution in [2.24, 2.45) is 0 Å². The van der Waals surface area contributed by atoms with Crippen LogP contribution in [0.2, 0.25) is 0 Å². The molecule has 0 spiro atoms. The van der Waals surface area contributed by atoms with Gasteiger partial charge in [0.15, 0.2) is 4.90 Å². The Kier molecular flexibility index (Phi) is 5.22. The molecule has 1 aromatic rings. The Bertz CT molecular complexity index is 657. The number of rotatable bonds is 6. The van der Waals surface area contributed by atoms with E-state index < -0.39 is 37.5 Å². The lowest BCUT2D eigenvalue weighted by Crippen LogP contribution is -2.39. The van der Waals surface area contributed by atoms with Crippen molar-refractivity contribution in [3.05, 3.63) is 28.3 Å². The van der Waals surface area contributed by atoms with Crippen molar-refractivity contribution in [1.82, 2.24) is 4.72 Å². The van der Waals surface area contributed by atoms with E-state index in [9.17, 15) is 23.3 Å². The maximum atomic E-state index is 12.1. The number of esters is 1. The van der Waals surface area contributed by atoms with Crippen molar-refractivity contribution in [2.45, 2.75) is 17.9 Å². The van der Waals surface area contributed by atoms with Gasteiger partial charge in [0, 0.05) is 0 Å². The summed E-state index contributed by atoms with van der Waals surface area (Å²) < 4.78 is 35.5. The highest BCUT2D eigenvalue weighted by atomic mass is 32.2. The Balaban J connectivity index is 3.25. The van der Waals surface area contributed by atoms with Gasteiger partial charge in [0.25, 0.3) is 5.69 Å². The van der Waals surface area contributed by atoms with E-state index in [0.717, 1.165) is 19.2 Å². The van der Waals surface area contributed by atoms with Crippen LogP contribution in [0.15, 0.2) is 23.1 Å². The second-order valence-electron chi connectivity index (χ2n) is 3.96. The molecule has 10 heteroatoms. The SMILES string of the molecule is COC(=O)C(C)NS(=O)(=O)c1ccc(OC)cc1[N+](=O)[O-]. The Hall–Kier alpha value is -2.20. The average Bonchev–Trinajstić information content (AvgIpc) is 2.44. The van der Waals surface area contributed by atoms with Gasteiger partial charge in [-0.25, -0.2) is 8.42 Å². The van der Waals surface area contributed by atoms with Gasteiger partial charge < -0.3 is 9.47 Å². The molecule has 0 heterocycles. The second kappa shape index (κ2) is 6.50. The average molecular weight is 318 g/mol. The molecule has 1 rings (SSSR count). The molecule has 1 aromatic carbocycles. The van der Waals surface area contributed by atoms with Crippen LogP contribution in [-0.4, -0.2) is 39.6 Å².